The van der Waals surface area contributed by atoms with Crippen LogP contribution in [0.5, 0.6) is 17.2 Å². The fourth-order valence-electron chi connectivity index (χ4n) is 3.80. The molecule has 178 valence electrons. The summed E-state index contributed by atoms with van der Waals surface area (Å²) < 4.78 is 49.1. The molecule has 1 atom stereocenters. The van der Waals surface area contributed by atoms with Gasteiger partial charge in [-0.15, -0.1) is 11.3 Å². The molecular weight excluding hydrogens is 464 g/mol. The Kier molecular flexibility index (Phi) is 6.87. The molecule has 5 rings (SSSR count). The van der Waals surface area contributed by atoms with Crippen molar-refractivity contribution in [1.82, 2.24) is 4.68 Å². The minimum Gasteiger partial charge on any atom is -0.486 e. The van der Waals surface area contributed by atoms with E-state index in [-0.39, 0.29) is 11.9 Å². The summed E-state index contributed by atoms with van der Waals surface area (Å²) in [7, 11) is 0. The molecule has 1 saturated heterocycles. The molecule has 0 aliphatic carbocycles. The first-order valence-corrected chi connectivity index (χ1v) is 11.9. The minimum atomic E-state index is -2.92. The monoisotopic (exact) mass is 487 g/mol. The van der Waals surface area contributed by atoms with Crippen molar-refractivity contribution in [2.24, 2.45) is 10.1 Å². The molecule has 0 N–H and O–H groups in total. The van der Waals surface area contributed by atoms with Crippen LogP contribution in [0.3, 0.4) is 0 Å². The first-order valence-electron chi connectivity index (χ1n) is 11.0. The summed E-state index contributed by atoms with van der Waals surface area (Å²) in [4.78, 5) is 5.41. The van der Waals surface area contributed by atoms with Gasteiger partial charge in [-0.3, -0.25) is 4.99 Å². The van der Waals surface area contributed by atoms with Gasteiger partial charge in [0.15, 0.2) is 11.5 Å². The second-order valence-corrected chi connectivity index (χ2v) is 8.55. The number of alkyl halides is 2. The number of rotatable bonds is 7. The molecule has 7 nitrogen and oxygen atoms in total. The second kappa shape index (κ2) is 10.4. The molecule has 0 saturated carbocycles. The third kappa shape index (κ3) is 5.13. The van der Waals surface area contributed by atoms with Crippen molar-refractivity contribution in [1.29, 1.82) is 0 Å². The summed E-state index contributed by atoms with van der Waals surface area (Å²) in [5, 5.41) is 6.57. The highest BCUT2D eigenvalue weighted by molar-refractivity contribution is 7.07. The van der Waals surface area contributed by atoms with E-state index in [1.807, 2.05) is 23.6 Å². The predicted octanol–water partition coefficient (Wildman–Crippen LogP) is 4.55. The van der Waals surface area contributed by atoms with Gasteiger partial charge in [-0.1, -0.05) is 12.1 Å². The number of hydrogen-bond acceptors (Lipinski definition) is 7. The lowest BCUT2D eigenvalue weighted by Crippen LogP contribution is -2.17. The Hall–Kier alpha value is -3.24. The Bertz CT molecular complexity index is 1230. The normalized spacial score (nSPS) is 18.2. The van der Waals surface area contributed by atoms with Crippen LogP contribution < -0.4 is 19.0 Å². The Balaban J connectivity index is 1.53. The second-order valence-electron chi connectivity index (χ2n) is 7.71. The first-order chi connectivity index (χ1) is 16.7. The zero-order chi connectivity index (χ0) is 23.3. The van der Waals surface area contributed by atoms with Crippen LogP contribution in [0, 0.1) is 0 Å². The Labute approximate surface area is 198 Å². The highest BCUT2D eigenvalue weighted by Crippen LogP contribution is 2.34. The lowest BCUT2D eigenvalue weighted by atomic mass is 10.1. The van der Waals surface area contributed by atoms with Crippen molar-refractivity contribution in [2.75, 3.05) is 26.4 Å². The van der Waals surface area contributed by atoms with Crippen LogP contribution in [-0.2, 0) is 4.74 Å². The summed E-state index contributed by atoms with van der Waals surface area (Å²) >= 11 is 1.45. The first kappa shape index (κ1) is 22.5. The molecule has 0 spiro atoms. The van der Waals surface area contributed by atoms with Crippen molar-refractivity contribution >= 4 is 17.6 Å². The van der Waals surface area contributed by atoms with E-state index in [9.17, 15) is 8.78 Å². The van der Waals surface area contributed by atoms with Crippen LogP contribution in [0.2, 0.25) is 0 Å². The van der Waals surface area contributed by atoms with Crippen molar-refractivity contribution in [3.8, 4) is 28.5 Å². The van der Waals surface area contributed by atoms with E-state index in [1.165, 1.54) is 23.6 Å². The highest BCUT2D eigenvalue weighted by Gasteiger charge is 2.17. The van der Waals surface area contributed by atoms with Gasteiger partial charge in [0.2, 0.25) is 4.80 Å². The van der Waals surface area contributed by atoms with E-state index >= 15 is 0 Å². The third-order valence-electron chi connectivity index (χ3n) is 5.42. The van der Waals surface area contributed by atoms with Crippen LogP contribution in [0.4, 0.5) is 8.78 Å². The van der Waals surface area contributed by atoms with Gasteiger partial charge in [0.1, 0.15) is 19.0 Å². The summed E-state index contributed by atoms with van der Waals surface area (Å²) in [6, 6.07) is 12.2. The topological polar surface area (TPSA) is 66.6 Å². The fraction of sp³-hybridized carbons (Fsp3) is 0.333. The molecule has 2 aliphatic rings. The molecule has 1 aromatic heterocycles. The summed E-state index contributed by atoms with van der Waals surface area (Å²) in [6.45, 7) is -0.634. The molecule has 0 radical (unpaired) electrons. The highest BCUT2D eigenvalue weighted by atomic mass is 32.1. The van der Waals surface area contributed by atoms with Crippen LogP contribution in [0.1, 0.15) is 18.4 Å². The van der Waals surface area contributed by atoms with Crippen molar-refractivity contribution in [2.45, 2.75) is 25.6 Å². The largest absolute Gasteiger partial charge is 0.486 e. The maximum absolute atomic E-state index is 12.8. The van der Waals surface area contributed by atoms with Gasteiger partial charge in [0.25, 0.3) is 0 Å². The molecule has 2 aliphatic heterocycles. The number of aromatic nitrogens is 1. The van der Waals surface area contributed by atoms with Gasteiger partial charge in [0, 0.05) is 23.1 Å². The van der Waals surface area contributed by atoms with E-state index in [0.29, 0.717) is 41.6 Å². The lowest BCUT2D eigenvalue weighted by molar-refractivity contribution is -0.0499. The van der Waals surface area contributed by atoms with Crippen LogP contribution >= 0.6 is 11.3 Å². The minimum absolute atomic E-state index is 0.0517. The standard InChI is InChI=1S/C24H23F2N3O4S/c25-23(26)33-20-6-2-1-4-17(20)13-28-29-19(15-34-24(29)27-14-18-5-3-9-30-18)16-7-8-21-22(12-16)32-11-10-31-21/h1-2,4,6-8,12-13,15,18,23H,3,5,9-11,14H2/b27-24?,28-13-/t18-/m0/s1. The maximum Gasteiger partial charge on any atom is 0.387 e. The zero-order valence-electron chi connectivity index (χ0n) is 18.2. The quantitative estimate of drug-likeness (QED) is 0.459. The summed E-state index contributed by atoms with van der Waals surface area (Å²) in [5.41, 5.74) is 2.09. The molecule has 3 aromatic rings. The van der Waals surface area contributed by atoms with E-state index in [2.05, 4.69) is 9.84 Å². The Morgan fingerprint density at radius 3 is 2.79 bits per heavy atom. The smallest absolute Gasteiger partial charge is 0.387 e. The van der Waals surface area contributed by atoms with Crippen molar-refractivity contribution in [3.05, 3.63) is 58.2 Å². The fourth-order valence-corrected chi connectivity index (χ4v) is 4.65. The van der Waals surface area contributed by atoms with Crippen LogP contribution in [0.25, 0.3) is 11.3 Å². The van der Waals surface area contributed by atoms with Crippen LogP contribution in [-0.4, -0.2) is 50.0 Å². The van der Waals surface area contributed by atoms with E-state index in [1.54, 1.807) is 22.9 Å². The third-order valence-corrected chi connectivity index (χ3v) is 6.28. The van der Waals surface area contributed by atoms with Crippen molar-refractivity contribution < 1.29 is 27.7 Å². The summed E-state index contributed by atoms with van der Waals surface area (Å²) in [6.07, 6.45) is 3.60. The Morgan fingerprint density at radius 1 is 1.12 bits per heavy atom. The number of fused-ring (bicyclic) bond motifs is 1. The number of halogens is 2. The molecule has 0 unspecified atom stereocenters. The van der Waals surface area contributed by atoms with Gasteiger partial charge in [0.05, 0.1) is 24.6 Å². The van der Waals surface area contributed by atoms with Gasteiger partial charge in [-0.25, -0.2) is 4.68 Å². The van der Waals surface area contributed by atoms with Gasteiger partial charge in [-0.2, -0.15) is 13.9 Å². The number of hydrogen-bond donors (Lipinski definition) is 0. The van der Waals surface area contributed by atoms with Crippen LogP contribution in [0.15, 0.2) is 57.9 Å². The molecule has 2 aromatic carbocycles. The maximum atomic E-state index is 12.8. The predicted molar refractivity (Wildman–Crippen MR) is 124 cm³/mol. The molecule has 10 heteroatoms. The Morgan fingerprint density at radius 2 is 1.97 bits per heavy atom. The van der Waals surface area contributed by atoms with Crippen molar-refractivity contribution in [3.63, 3.8) is 0 Å². The van der Waals surface area contributed by atoms with E-state index < -0.39 is 6.61 Å². The molecule has 0 amide bonds. The number of para-hydroxylation sites is 1. The average molecular weight is 488 g/mol. The molecular formula is C24H23F2N3O4S. The molecule has 34 heavy (non-hydrogen) atoms. The molecule has 3 heterocycles. The lowest BCUT2D eigenvalue weighted by Gasteiger charge is -2.18. The number of benzene rings is 2. The van der Waals surface area contributed by atoms with E-state index in [0.717, 1.165) is 30.7 Å². The van der Waals surface area contributed by atoms with Gasteiger partial charge in [-0.05, 0) is 43.2 Å². The molecule has 1 fully saturated rings. The van der Waals surface area contributed by atoms with Gasteiger partial charge >= 0.3 is 6.61 Å². The summed E-state index contributed by atoms with van der Waals surface area (Å²) in [5.74, 6) is 1.41. The SMILES string of the molecule is FC(F)Oc1ccccc1/C=N\n1c(-c2ccc3c(c2)OCCO3)csc1=NC[C@@H]1CCCO1. The van der Waals surface area contributed by atoms with Gasteiger partial charge < -0.3 is 18.9 Å². The number of thiazole rings is 1. The average Bonchev–Trinajstić information content (AvgIpc) is 3.51. The zero-order valence-corrected chi connectivity index (χ0v) is 19.0. The number of ether oxygens (including phenoxy) is 4. The number of nitrogens with zero attached hydrogens (tertiary/aromatic N) is 3. The molecule has 0 bridgehead atoms. The van der Waals surface area contributed by atoms with E-state index in [4.69, 9.17) is 19.2 Å².